The minimum Gasteiger partial charge on any atom is -0.464 e. The van der Waals surface area contributed by atoms with E-state index in [1.807, 2.05) is 12.3 Å². The van der Waals surface area contributed by atoms with Crippen LogP contribution in [0, 0.1) is 0 Å². The molecule has 0 N–H and O–H groups in total. The minimum atomic E-state index is -0.0428. The third-order valence-electron chi connectivity index (χ3n) is 4.41. The first kappa shape index (κ1) is 13.5. The molecule has 1 aromatic heterocycles. The van der Waals surface area contributed by atoms with Gasteiger partial charge in [0.1, 0.15) is 6.04 Å². The summed E-state index contributed by atoms with van der Waals surface area (Å²) < 4.78 is 5.06. The van der Waals surface area contributed by atoms with Crippen LogP contribution in [0.1, 0.15) is 24.9 Å². The summed E-state index contributed by atoms with van der Waals surface area (Å²) in [5.41, 5.74) is 1.25. The zero-order valence-corrected chi connectivity index (χ0v) is 11.9. The fraction of sp³-hybridized carbons (Fsp3) is 0.600. The quantitative estimate of drug-likeness (QED) is 0.772. The van der Waals surface area contributed by atoms with Crippen LogP contribution in [0.4, 0.5) is 0 Å². The van der Waals surface area contributed by atoms with E-state index in [4.69, 9.17) is 4.74 Å². The highest BCUT2D eigenvalue weighted by molar-refractivity contribution is 5.77. The van der Waals surface area contributed by atoms with E-state index in [-0.39, 0.29) is 12.0 Å². The summed E-state index contributed by atoms with van der Waals surface area (Å²) in [5.74, 6) is -0.0428. The number of rotatable bonds is 3. The molecule has 5 heteroatoms. The van der Waals surface area contributed by atoms with Gasteiger partial charge in [0.25, 0.3) is 0 Å². The van der Waals surface area contributed by atoms with Crippen molar-refractivity contribution in [3.8, 4) is 0 Å². The number of ether oxygens (including phenoxy) is 1. The molecule has 20 heavy (non-hydrogen) atoms. The number of aromatic nitrogens is 1. The molecular formula is C15H21N3O2. The first-order valence-corrected chi connectivity index (χ1v) is 7.30. The number of nitrogens with zero attached hydrogens (tertiary/aromatic N) is 3. The highest BCUT2D eigenvalue weighted by Gasteiger charge is 2.34. The zero-order chi connectivity index (χ0) is 13.9. The molecule has 3 rings (SSSR count). The van der Waals surface area contributed by atoms with E-state index in [1.165, 1.54) is 5.56 Å². The van der Waals surface area contributed by atoms with Crippen molar-refractivity contribution in [1.82, 2.24) is 14.8 Å². The Morgan fingerprint density at radius 2 is 2.15 bits per heavy atom. The molecule has 2 unspecified atom stereocenters. The summed E-state index contributed by atoms with van der Waals surface area (Å²) in [5, 5.41) is 0. The van der Waals surface area contributed by atoms with Crippen LogP contribution < -0.4 is 0 Å². The molecule has 0 spiro atoms. The molecule has 108 valence electrons. The maximum Gasteiger partial charge on any atom is 0.323 e. The molecule has 2 fully saturated rings. The van der Waals surface area contributed by atoms with E-state index >= 15 is 0 Å². The molecule has 0 aromatic carbocycles. The summed E-state index contributed by atoms with van der Waals surface area (Å²) in [7, 11) is 0. The smallest absolute Gasteiger partial charge is 0.323 e. The lowest BCUT2D eigenvalue weighted by Gasteiger charge is -2.39. The largest absolute Gasteiger partial charge is 0.464 e. The van der Waals surface area contributed by atoms with Gasteiger partial charge in [-0.25, -0.2) is 0 Å². The SMILES string of the molecule is CC(c1cccnc1)N1CCN(C2CCOC2=O)CC1. The number of cyclic esters (lactones) is 1. The van der Waals surface area contributed by atoms with E-state index in [2.05, 4.69) is 27.8 Å². The zero-order valence-electron chi connectivity index (χ0n) is 11.9. The van der Waals surface area contributed by atoms with Crippen molar-refractivity contribution in [2.75, 3.05) is 32.8 Å². The van der Waals surface area contributed by atoms with Crippen LogP contribution in [-0.4, -0.2) is 59.6 Å². The molecule has 0 bridgehead atoms. The van der Waals surface area contributed by atoms with Crippen LogP contribution in [0.25, 0.3) is 0 Å². The monoisotopic (exact) mass is 275 g/mol. The Morgan fingerprint density at radius 3 is 2.75 bits per heavy atom. The van der Waals surface area contributed by atoms with Gasteiger partial charge in [-0.1, -0.05) is 6.07 Å². The molecule has 2 aliphatic heterocycles. The molecule has 0 amide bonds. The van der Waals surface area contributed by atoms with Crippen molar-refractivity contribution in [2.45, 2.75) is 25.4 Å². The molecule has 0 radical (unpaired) electrons. The standard InChI is InChI=1S/C15H21N3O2/c1-12(13-3-2-5-16-11-13)17-6-8-18(9-7-17)14-4-10-20-15(14)19/h2-3,5,11-12,14H,4,6-10H2,1H3. The number of hydrogen-bond donors (Lipinski definition) is 0. The predicted molar refractivity (Wildman–Crippen MR) is 75.2 cm³/mol. The van der Waals surface area contributed by atoms with E-state index in [1.54, 1.807) is 6.20 Å². The van der Waals surface area contributed by atoms with E-state index in [0.717, 1.165) is 32.6 Å². The van der Waals surface area contributed by atoms with Crippen LogP contribution in [0.5, 0.6) is 0 Å². The number of pyridine rings is 1. The van der Waals surface area contributed by atoms with Gasteiger partial charge in [0.05, 0.1) is 6.61 Å². The van der Waals surface area contributed by atoms with Gasteiger partial charge in [-0.05, 0) is 18.6 Å². The second-order valence-electron chi connectivity index (χ2n) is 5.51. The number of piperazine rings is 1. The predicted octanol–water partition coefficient (Wildman–Crippen LogP) is 1.08. The van der Waals surface area contributed by atoms with Gasteiger partial charge in [0.15, 0.2) is 0 Å². The third kappa shape index (κ3) is 2.69. The Kier molecular flexibility index (Phi) is 3.98. The number of carbonyl (C=O) groups excluding carboxylic acids is 1. The molecular weight excluding hydrogens is 254 g/mol. The fourth-order valence-electron chi connectivity index (χ4n) is 3.09. The Bertz CT molecular complexity index is 457. The maximum absolute atomic E-state index is 11.6. The Morgan fingerprint density at radius 1 is 1.35 bits per heavy atom. The molecule has 1 aromatic rings. The number of carbonyl (C=O) groups is 1. The lowest BCUT2D eigenvalue weighted by Crippen LogP contribution is -2.52. The van der Waals surface area contributed by atoms with Gasteiger partial charge in [-0.15, -0.1) is 0 Å². The van der Waals surface area contributed by atoms with E-state index < -0.39 is 0 Å². The summed E-state index contributed by atoms with van der Waals surface area (Å²) in [6.07, 6.45) is 4.59. The Labute approximate surface area is 119 Å². The van der Waals surface area contributed by atoms with Crippen molar-refractivity contribution < 1.29 is 9.53 Å². The highest BCUT2D eigenvalue weighted by atomic mass is 16.5. The van der Waals surface area contributed by atoms with Gasteiger partial charge < -0.3 is 4.74 Å². The summed E-state index contributed by atoms with van der Waals surface area (Å²) in [4.78, 5) is 20.5. The third-order valence-corrected chi connectivity index (χ3v) is 4.41. The molecule has 0 aliphatic carbocycles. The lowest BCUT2D eigenvalue weighted by molar-refractivity contribution is -0.142. The molecule has 0 saturated carbocycles. The topological polar surface area (TPSA) is 45.7 Å². The van der Waals surface area contributed by atoms with Crippen LogP contribution in [0.2, 0.25) is 0 Å². The van der Waals surface area contributed by atoms with Crippen molar-refractivity contribution >= 4 is 5.97 Å². The molecule has 5 nitrogen and oxygen atoms in total. The van der Waals surface area contributed by atoms with Gasteiger partial charge in [-0.2, -0.15) is 0 Å². The first-order chi connectivity index (χ1) is 9.75. The molecule has 2 aliphatic rings. The van der Waals surface area contributed by atoms with Crippen molar-refractivity contribution in [3.05, 3.63) is 30.1 Å². The van der Waals surface area contributed by atoms with Crippen LogP contribution in [-0.2, 0) is 9.53 Å². The van der Waals surface area contributed by atoms with Gasteiger partial charge >= 0.3 is 5.97 Å². The normalized spacial score (nSPS) is 26.4. The second kappa shape index (κ2) is 5.89. The van der Waals surface area contributed by atoms with Crippen molar-refractivity contribution in [2.24, 2.45) is 0 Å². The molecule has 2 saturated heterocycles. The fourth-order valence-corrected chi connectivity index (χ4v) is 3.09. The average molecular weight is 275 g/mol. The number of hydrogen-bond acceptors (Lipinski definition) is 5. The lowest BCUT2D eigenvalue weighted by atomic mass is 10.1. The highest BCUT2D eigenvalue weighted by Crippen LogP contribution is 2.23. The number of esters is 1. The van der Waals surface area contributed by atoms with Crippen molar-refractivity contribution in [3.63, 3.8) is 0 Å². The van der Waals surface area contributed by atoms with Gasteiger partial charge in [-0.3, -0.25) is 19.6 Å². The summed E-state index contributed by atoms with van der Waals surface area (Å²) in [6, 6.07) is 4.47. The Hall–Kier alpha value is -1.46. The van der Waals surface area contributed by atoms with Gasteiger partial charge in [0, 0.05) is 51.0 Å². The minimum absolute atomic E-state index is 0.00847. The van der Waals surface area contributed by atoms with Crippen LogP contribution in [0.15, 0.2) is 24.5 Å². The van der Waals surface area contributed by atoms with Crippen LogP contribution >= 0.6 is 0 Å². The average Bonchev–Trinajstić information content (AvgIpc) is 2.94. The van der Waals surface area contributed by atoms with E-state index in [9.17, 15) is 4.79 Å². The van der Waals surface area contributed by atoms with Gasteiger partial charge in [0.2, 0.25) is 0 Å². The Balaban J connectivity index is 1.57. The maximum atomic E-state index is 11.6. The summed E-state index contributed by atoms with van der Waals surface area (Å²) in [6.45, 7) is 6.64. The van der Waals surface area contributed by atoms with Crippen molar-refractivity contribution in [1.29, 1.82) is 0 Å². The second-order valence-corrected chi connectivity index (χ2v) is 5.51. The van der Waals surface area contributed by atoms with E-state index in [0.29, 0.717) is 12.6 Å². The molecule has 2 atom stereocenters. The first-order valence-electron chi connectivity index (χ1n) is 7.30. The summed E-state index contributed by atoms with van der Waals surface area (Å²) >= 11 is 0. The van der Waals surface area contributed by atoms with Crippen LogP contribution in [0.3, 0.4) is 0 Å². The molecule has 3 heterocycles.